The molecule has 1 amide bonds. The number of nitrogens with zero attached hydrogens (tertiary/aromatic N) is 1. The van der Waals surface area contributed by atoms with E-state index in [1.807, 2.05) is 24.3 Å². The van der Waals surface area contributed by atoms with Crippen LogP contribution in [0.4, 0.5) is 18.9 Å². The second-order valence-electron chi connectivity index (χ2n) is 9.99. The average molecular weight is 553 g/mol. The van der Waals surface area contributed by atoms with Crippen molar-refractivity contribution in [3.63, 3.8) is 0 Å². The van der Waals surface area contributed by atoms with Gasteiger partial charge >= 0.3 is 12.1 Å². The highest BCUT2D eigenvalue weighted by Gasteiger charge is 2.30. The number of halogens is 3. The molecule has 1 aliphatic rings. The Labute approximate surface area is 229 Å². The van der Waals surface area contributed by atoms with E-state index >= 15 is 0 Å². The number of esters is 1. The quantitative estimate of drug-likeness (QED) is 0.272. The first kappa shape index (κ1) is 28.4. The number of carbonyl (C=O) groups is 2. The zero-order valence-corrected chi connectivity index (χ0v) is 22.3. The predicted molar refractivity (Wildman–Crippen MR) is 144 cm³/mol. The number of carbonyl (C=O) groups excluding carboxylic acids is 2. The molecule has 3 aromatic rings. The van der Waals surface area contributed by atoms with Gasteiger partial charge in [0.15, 0.2) is 23.8 Å². The first-order valence-electron chi connectivity index (χ1n) is 12.2. The molecule has 1 N–H and O–H groups in total. The third-order valence-electron chi connectivity index (χ3n) is 5.94. The summed E-state index contributed by atoms with van der Waals surface area (Å²) < 4.78 is 54.9. The number of hydrogen-bond donors (Lipinski definition) is 1. The summed E-state index contributed by atoms with van der Waals surface area (Å²) >= 11 is 0. The van der Waals surface area contributed by atoms with Crippen molar-refractivity contribution in [2.45, 2.75) is 32.4 Å². The van der Waals surface area contributed by atoms with Gasteiger partial charge in [-0.2, -0.15) is 13.2 Å². The van der Waals surface area contributed by atoms with Crippen molar-refractivity contribution in [3.8, 4) is 11.5 Å². The van der Waals surface area contributed by atoms with Crippen molar-refractivity contribution in [2.24, 2.45) is 4.99 Å². The SMILES string of the molecule is COc1cc(/C=C2/N=C(c3ccc(C(C)(C)C)cc3)OC2=O)ccc1OCC(=O)Nc1cccc(C(F)(F)F)c1. The van der Waals surface area contributed by atoms with Crippen LogP contribution in [0.3, 0.4) is 0 Å². The van der Waals surface area contributed by atoms with Crippen molar-refractivity contribution < 1.29 is 37.0 Å². The minimum absolute atomic E-state index is 0.00844. The van der Waals surface area contributed by atoms with E-state index in [0.717, 1.165) is 17.7 Å². The molecule has 3 aromatic carbocycles. The maximum Gasteiger partial charge on any atom is 0.416 e. The summed E-state index contributed by atoms with van der Waals surface area (Å²) in [5.41, 5.74) is 1.58. The molecule has 0 aromatic heterocycles. The van der Waals surface area contributed by atoms with Crippen molar-refractivity contribution in [2.75, 3.05) is 19.0 Å². The Hall–Kier alpha value is -4.60. The van der Waals surface area contributed by atoms with Crippen LogP contribution in [-0.2, 0) is 25.9 Å². The van der Waals surface area contributed by atoms with Gasteiger partial charge in [0.2, 0.25) is 5.90 Å². The van der Waals surface area contributed by atoms with E-state index in [1.54, 1.807) is 18.2 Å². The van der Waals surface area contributed by atoms with Gasteiger partial charge in [0.05, 0.1) is 12.7 Å². The molecule has 0 radical (unpaired) electrons. The number of ether oxygens (including phenoxy) is 3. The third-order valence-corrected chi connectivity index (χ3v) is 5.94. The lowest BCUT2D eigenvalue weighted by Crippen LogP contribution is -2.20. The van der Waals surface area contributed by atoms with E-state index in [0.29, 0.717) is 11.1 Å². The van der Waals surface area contributed by atoms with Gasteiger partial charge in [-0.1, -0.05) is 45.0 Å². The molecule has 4 rings (SSSR count). The second kappa shape index (κ2) is 11.3. The first-order chi connectivity index (χ1) is 18.8. The smallest absolute Gasteiger partial charge is 0.416 e. The van der Waals surface area contributed by atoms with Crippen LogP contribution < -0.4 is 14.8 Å². The van der Waals surface area contributed by atoms with E-state index in [4.69, 9.17) is 14.2 Å². The molecule has 0 fully saturated rings. The molecule has 0 saturated heterocycles. The van der Waals surface area contributed by atoms with E-state index in [2.05, 4.69) is 31.1 Å². The Morgan fingerprint density at radius 3 is 2.35 bits per heavy atom. The molecule has 208 valence electrons. The average Bonchev–Trinajstić information content (AvgIpc) is 3.27. The lowest BCUT2D eigenvalue weighted by Gasteiger charge is -2.18. The van der Waals surface area contributed by atoms with Crippen molar-refractivity contribution >= 4 is 29.5 Å². The molecule has 0 aliphatic carbocycles. The predicted octanol–water partition coefficient (Wildman–Crippen LogP) is 6.37. The van der Waals surface area contributed by atoms with Gasteiger partial charge in [0.25, 0.3) is 5.91 Å². The van der Waals surface area contributed by atoms with Crippen LogP contribution in [0, 0.1) is 0 Å². The van der Waals surface area contributed by atoms with Crippen molar-refractivity contribution in [1.29, 1.82) is 0 Å². The summed E-state index contributed by atoms with van der Waals surface area (Å²) in [6.45, 7) is 5.85. The maximum absolute atomic E-state index is 12.9. The van der Waals surface area contributed by atoms with Gasteiger partial charge in [0.1, 0.15) is 0 Å². The van der Waals surface area contributed by atoms with Crippen LogP contribution >= 0.6 is 0 Å². The fraction of sp³-hybridized carbons (Fsp3) is 0.233. The molecule has 10 heteroatoms. The minimum atomic E-state index is -4.53. The number of benzene rings is 3. The summed E-state index contributed by atoms with van der Waals surface area (Å²) in [5, 5.41) is 2.37. The van der Waals surface area contributed by atoms with E-state index in [9.17, 15) is 22.8 Å². The number of methoxy groups -OCH3 is 1. The lowest BCUT2D eigenvalue weighted by molar-refractivity contribution is -0.137. The zero-order valence-electron chi connectivity index (χ0n) is 22.3. The maximum atomic E-state index is 12.9. The molecule has 1 heterocycles. The van der Waals surface area contributed by atoms with Crippen LogP contribution in [0.15, 0.2) is 77.4 Å². The number of nitrogens with one attached hydrogen (secondary N) is 1. The zero-order chi connectivity index (χ0) is 29.1. The molecular weight excluding hydrogens is 525 g/mol. The largest absolute Gasteiger partial charge is 0.493 e. The Kier molecular flexibility index (Phi) is 7.99. The Morgan fingerprint density at radius 2 is 1.70 bits per heavy atom. The summed E-state index contributed by atoms with van der Waals surface area (Å²) in [5.74, 6) is -0.551. The van der Waals surface area contributed by atoms with Crippen LogP contribution in [0.5, 0.6) is 11.5 Å². The molecule has 0 bridgehead atoms. The molecule has 1 aliphatic heterocycles. The minimum Gasteiger partial charge on any atom is -0.493 e. The van der Waals surface area contributed by atoms with E-state index in [1.165, 1.54) is 25.3 Å². The molecule has 0 saturated carbocycles. The monoisotopic (exact) mass is 552 g/mol. The van der Waals surface area contributed by atoms with Crippen molar-refractivity contribution in [1.82, 2.24) is 0 Å². The fourth-order valence-corrected chi connectivity index (χ4v) is 3.81. The van der Waals surface area contributed by atoms with Gasteiger partial charge in [-0.3, -0.25) is 4.79 Å². The molecule has 0 atom stereocenters. The highest BCUT2D eigenvalue weighted by molar-refractivity contribution is 6.12. The topological polar surface area (TPSA) is 86.2 Å². The van der Waals surface area contributed by atoms with Gasteiger partial charge in [-0.25, -0.2) is 9.79 Å². The normalized spacial score (nSPS) is 14.5. The lowest BCUT2D eigenvalue weighted by atomic mass is 9.87. The highest BCUT2D eigenvalue weighted by Crippen LogP contribution is 2.32. The number of anilines is 1. The van der Waals surface area contributed by atoms with Crippen LogP contribution in [0.2, 0.25) is 0 Å². The number of alkyl halides is 3. The van der Waals surface area contributed by atoms with Crippen LogP contribution in [-0.4, -0.2) is 31.5 Å². The van der Waals surface area contributed by atoms with Crippen LogP contribution in [0.1, 0.15) is 43.0 Å². The fourth-order valence-electron chi connectivity index (χ4n) is 3.81. The van der Waals surface area contributed by atoms with Gasteiger partial charge < -0.3 is 19.5 Å². The van der Waals surface area contributed by atoms with Gasteiger partial charge in [-0.15, -0.1) is 0 Å². The number of cyclic esters (lactones) is 1. The molecule has 40 heavy (non-hydrogen) atoms. The highest BCUT2D eigenvalue weighted by atomic mass is 19.4. The van der Waals surface area contributed by atoms with E-state index in [-0.39, 0.29) is 34.2 Å². The number of amides is 1. The molecule has 7 nitrogen and oxygen atoms in total. The molecule has 0 spiro atoms. The van der Waals surface area contributed by atoms with E-state index < -0.39 is 30.2 Å². The third kappa shape index (κ3) is 6.88. The standard InChI is InChI=1S/C30H27F3N2O5/c1-29(2,3)20-11-9-19(10-12-20)27-35-23(28(37)40-27)14-18-8-13-24(25(15-18)38-4)39-17-26(36)34-22-7-5-6-21(16-22)30(31,32)33/h5-16H,17H2,1-4H3,(H,34,36)/b23-14+. The second-order valence-corrected chi connectivity index (χ2v) is 9.99. The summed E-state index contributed by atoms with van der Waals surface area (Å²) in [6.07, 6.45) is -2.99. The molecular formula is C30H27F3N2O5. The summed E-state index contributed by atoms with van der Waals surface area (Å²) in [4.78, 5) is 29.0. The Balaban J connectivity index is 1.43. The first-order valence-corrected chi connectivity index (χ1v) is 12.2. The summed E-state index contributed by atoms with van der Waals surface area (Å²) in [7, 11) is 1.41. The van der Waals surface area contributed by atoms with Gasteiger partial charge in [-0.05, 0) is 65.1 Å². The summed E-state index contributed by atoms with van der Waals surface area (Å²) in [6, 6.07) is 16.7. The Bertz CT molecular complexity index is 1490. The van der Waals surface area contributed by atoms with Crippen LogP contribution in [0.25, 0.3) is 6.08 Å². The molecule has 0 unspecified atom stereocenters. The number of aliphatic imine (C=N–C) groups is 1. The number of hydrogen-bond acceptors (Lipinski definition) is 6. The Morgan fingerprint density at radius 1 is 0.975 bits per heavy atom. The number of rotatable bonds is 7. The van der Waals surface area contributed by atoms with Crippen molar-refractivity contribution in [3.05, 3.63) is 94.7 Å². The van der Waals surface area contributed by atoms with Gasteiger partial charge in [0, 0.05) is 11.3 Å².